The van der Waals surface area contributed by atoms with Gasteiger partial charge in [0, 0.05) is 11.4 Å². The summed E-state index contributed by atoms with van der Waals surface area (Å²) in [5.74, 6) is 5.42. The molecule has 21 heavy (non-hydrogen) atoms. The molecule has 1 fully saturated rings. The van der Waals surface area contributed by atoms with E-state index >= 15 is 0 Å². The Kier molecular flexibility index (Phi) is 5.37. The molecular weight excluding hydrogens is 288 g/mol. The maximum Gasteiger partial charge on any atom is 0.242 e. The van der Waals surface area contributed by atoms with Crippen LogP contribution in [0.3, 0.4) is 0 Å². The molecule has 0 bridgehead atoms. The molecule has 2 heterocycles. The molecule has 1 saturated heterocycles. The first-order chi connectivity index (χ1) is 10.1. The number of aliphatic hydroxyl groups is 1. The third-order valence-electron chi connectivity index (χ3n) is 3.15. The molecule has 5 nitrogen and oxygen atoms in total. The average Bonchev–Trinajstić information content (AvgIpc) is 2.90. The SMILES string of the molecule is CCCN1CC(=O)N(Cc2ccc(C#CCO)s2)CC1=O. The summed E-state index contributed by atoms with van der Waals surface area (Å²) in [6.45, 7) is 3.22. The van der Waals surface area contributed by atoms with Gasteiger partial charge in [-0.1, -0.05) is 18.8 Å². The molecule has 2 amide bonds. The Bertz CT molecular complexity index is 585. The van der Waals surface area contributed by atoms with Crippen LogP contribution in [0.1, 0.15) is 23.1 Å². The number of carbonyl (C=O) groups is 2. The van der Waals surface area contributed by atoms with E-state index in [0.29, 0.717) is 13.1 Å². The molecule has 0 spiro atoms. The van der Waals surface area contributed by atoms with Crippen molar-refractivity contribution in [3.8, 4) is 11.8 Å². The van der Waals surface area contributed by atoms with Gasteiger partial charge in [-0.15, -0.1) is 11.3 Å². The molecular formula is C15H18N2O3S. The summed E-state index contributed by atoms with van der Waals surface area (Å²) in [4.78, 5) is 29.1. The summed E-state index contributed by atoms with van der Waals surface area (Å²) < 4.78 is 0. The van der Waals surface area contributed by atoms with Crippen molar-refractivity contribution >= 4 is 23.2 Å². The number of nitrogens with zero attached hydrogens (tertiary/aromatic N) is 2. The van der Waals surface area contributed by atoms with Crippen LogP contribution in [0.25, 0.3) is 0 Å². The Hall–Kier alpha value is -1.84. The van der Waals surface area contributed by atoms with E-state index in [2.05, 4.69) is 11.8 Å². The van der Waals surface area contributed by atoms with Gasteiger partial charge in [-0.05, 0) is 18.6 Å². The quantitative estimate of drug-likeness (QED) is 0.832. The zero-order valence-corrected chi connectivity index (χ0v) is 12.8. The summed E-state index contributed by atoms with van der Waals surface area (Å²) in [5, 5.41) is 8.66. The van der Waals surface area contributed by atoms with Crippen molar-refractivity contribution in [2.75, 3.05) is 26.2 Å². The van der Waals surface area contributed by atoms with Crippen LogP contribution in [-0.4, -0.2) is 53.0 Å². The lowest BCUT2D eigenvalue weighted by molar-refractivity contribution is -0.150. The molecule has 0 aromatic carbocycles. The zero-order valence-electron chi connectivity index (χ0n) is 12.0. The molecule has 0 saturated carbocycles. The second-order valence-electron chi connectivity index (χ2n) is 4.79. The molecule has 1 N–H and O–H groups in total. The molecule has 1 aromatic heterocycles. The molecule has 0 aliphatic carbocycles. The highest BCUT2D eigenvalue weighted by molar-refractivity contribution is 7.12. The second kappa shape index (κ2) is 7.25. The van der Waals surface area contributed by atoms with Crippen LogP contribution in [0.4, 0.5) is 0 Å². The fraction of sp³-hybridized carbons (Fsp3) is 0.467. The molecule has 0 radical (unpaired) electrons. The summed E-state index contributed by atoms with van der Waals surface area (Å²) in [6, 6.07) is 3.77. The zero-order chi connectivity index (χ0) is 15.2. The number of hydrogen-bond acceptors (Lipinski definition) is 4. The van der Waals surface area contributed by atoms with Crippen LogP contribution in [-0.2, 0) is 16.1 Å². The maximum absolute atomic E-state index is 12.1. The predicted octanol–water partition coefficient (Wildman–Crippen LogP) is 0.673. The van der Waals surface area contributed by atoms with Crippen molar-refractivity contribution < 1.29 is 14.7 Å². The highest BCUT2D eigenvalue weighted by Gasteiger charge is 2.29. The summed E-state index contributed by atoms with van der Waals surface area (Å²) in [5.41, 5.74) is 0. The maximum atomic E-state index is 12.1. The third kappa shape index (κ3) is 4.06. The van der Waals surface area contributed by atoms with Crippen molar-refractivity contribution in [2.45, 2.75) is 19.9 Å². The first-order valence-electron chi connectivity index (χ1n) is 6.88. The molecule has 0 unspecified atom stereocenters. The molecule has 1 aromatic rings. The van der Waals surface area contributed by atoms with Crippen molar-refractivity contribution in [3.05, 3.63) is 21.9 Å². The fourth-order valence-corrected chi connectivity index (χ4v) is 3.06. The second-order valence-corrected chi connectivity index (χ2v) is 5.96. The van der Waals surface area contributed by atoms with Gasteiger partial charge < -0.3 is 14.9 Å². The number of piperazine rings is 1. The van der Waals surface area contributed by atoms with Crippen LogP contribution >= 0.6 is 11.3 Å². The largest absolute Gasteiger partial charge is 0.384 e. The highest BCUT2D eigenvalue weighted by Crippen LogP contribution is 2.19. The van der Waals surface area contributed by atoms with E-state index in [0.717, 1.165) is 16.2 Å². The Morgan fingerprint density at radius 3 is 2.67 bits per heavy atom. The predicted molar refractivity (Wildman–Crippen MR) is 80.6 cm³/mol. The lowest BCUT2D eigenvalue weighted by Gasteiger charge is -2.33. The van der Waals surface area contributed by atoms with Gasteiger partial charge >= 0.3 is 0 Å². The number of rotatable bonds is 4. The van der Waals surface area contributed by atoms with Crippen LogP contribution in [0.2, 0.25) is 0 Å². The van der Waals surface area contributed by atoms with Gasteiger partial charge in [0.25, 0.3) is 0 Å². The van der Waals surface area contributed by atoms with Gasteiger partial charge in [0.2, 0.25) is 11.8 Å². The number of hydrogen-bond donors (Lipinski definition) is 1. The lowest BCUT2D eigenvalue weighted by atomic mass is 10.2. The smallest absolute Gasteiger partial charge is 0.242 e. The highest BCUT2D eigenvalue weighted by atomic mass is 32.1. The summed E-state index contributed by atoms with van der Waals surface area (Å²) >= 11 is 1.48. The Morgan fingerprint density at radius 2 is 1.95 bits per heavy atom. The van der Waals surface area contributed by atoms with Crippen LogP contribution in [0, 0.1) is 11.8 Å². The number of thiophene rings is 1. The molecule has 6 heteroatoms. The number of amides is 2. The van der Waals surface area contributed by atoms with E-state index in [4.69, 9.17) is 5.11 Å². The minimum atomic E-state index is -0.167. The van der Waals surface area contributed by atoms with Gasteiger partial charge in [0.1, 0.15) is 13.2 Å². The minimum Gasteiger partial charge on any atom is -0.384 e. The van der Waals surface area contributed by atoms with Crippen LogP contribution in [0.5, 0.6) is 0 Å². The van der Waals surface area contributed by atoms with Crippen molar-refractivity contribution in [2.24, 2.45) is 0 Å². The number of carbonyl (C=O) groups excluding carboxylic acids is 2. The molecule has 112 valence electrons. The van der Waals surface area contributed by atoms with Crippen molar-refractivity contribution in [1.29, 1.82) is 0 Å². The minimum absolute atomic E-state index is 0.00769. The molecule has 1 aliphatic rings. The van der Waals surface area contributed by atoms with Crippen LogP contribution in [0.15, 0.2) is 12.1 Å². The molecule has 1 aliphatic heterocycles. The van der Waals surface area contributed by atoms with Crippen LogP contribution < -0.4 is 0 Å². The van der Waals surface area contributed by atoms with E-state index in [9.17, 15) is 9.59 Å². The Morgan fingerprint density at radius 1 is 1.24 bits per heavy atom. The fourth-order valence-electron chi connectivity index (χ4n) is 2.17. The monoisotopic (exact) mass is 306 g/mol. The Balaban J connectivity index is 1.98. The summed E-state index contributed by atoms with van der Waals surface area (Å²) in [6.07, 6.45) is 0.858. The molecule has 0 atom stereocenters. The van der Waals surface area contributed by atoms with E-state index in [1.54, 1.807) is 9.80 Å². The van der Waals surface area contributed by atoms with Gasteiger partial charge in [0.05, 0.1) is 18.0 Å². The molecule has 2 rings (SSSR count). The van der Waals surface area contributed by atoms with E-state index in [1.807, 2.05) is 19.1 Å². The number of aliphatic hydroxyl groups excluding tert-OH is 1. The van der Waals surface area contributed by atoms with Gasteiger partial charge in [0.15, 0.2) is 0 Å². The van der Waals surface area contributed by atoms with E-state index < -0.39 is 0 Å². The average molecular weight is 306 g/mol. The first kappa shape index (κ1) is 15.5. The van der Waals surface area contributed by atoms with Crippen molar-refractivity contribution in [1.82, 2.24) is 9.80 Å². The van der Waals surface area contributed by atoms with Gasteiger partial charge in [-0.25, -0.2) is 0 Å². The standard InChI is InChI=1S/C15H18N2O3S/c1-2-7-16-10-15(20)17(11-14(16)19)9-13-6-5-12(21-13)4-3-8-18/h5-6,18H,2,7-11H2,1H3. The van der Waals surface area contributed by atoms with Gasteiger partial charge in [-0.3, -0.25) is 9.59 Å². The van der Waals surface area contributed by atoms with Crippen molar-refractivity contribution in [3.63, 3.8) is 0 Å². The third-order valence-corrected chi connectivity index (χ3v) is 4.14. The summed E-state index contributed by atoms with van der Waals surface area (Å²) in [7, 11) is 0. The van der Waals surface area contributed by atoms with Gasteiger partial charge in [-0.2, -0.15) is 0 Å². The normalized spacial score (nSPS) is 15.1. The first-order valence-corrected chi connectivity index (χ1v) is 7.69. The van der Waals surface area contributed by atoms with E-state index in [-0.39, 0.29) is 31.5 Å². The Labute approximate surface area is 128 Å². The lowest BCUT2D eigenvalue weighted by Crippen LogP contribution is -2.53. The topological polar surface area (TPSA) is 60.9 Å². The van der Waals surface area contributed by atoms with E-state index in [1.165, 1.54) is 11.3 Å².